The number of rotatable bonds is 7. The van der Waals surface area contributed by atoms with Gasteiger partial charge in [0.05, 0.1) is 26.4 Å². The van der Waals surface area contributed by atoms with Gasteiger partial charge in [0, 0.05) is 30.1 Å². The number of benzene rings is 2. The zero-order valence-electron chi connectivity index (χ0n) is 16.4. The van der Waals surface area contributed by atoms with E-state index in [1.807, 2.05) is 24.3 Å². The molecule has 2 aromatic carbocycles. The van der Waals surface area contributed by atoms with Gasteiger partial charge in [-0.25, -0.2) is 0 Å². The normalized spacial score (nSPS) is 16.1. The molecule has 0 aromatic heterocycles. The van der Waals surface area contributed by atoms with Gasteiger partial charge in [-0.2, -0.15) is 13.2 Å². The maximum absolute atomic E-state index is 12.6. The van der Waals surface area contributed by atoms with E-state index in [0.29, 0.717) is 25.3 Å². The number of carbonyl (C=O) groups is 1. The lowest BCUT2D eigenvalue weighted by molar-refractivity contribution is -0.0328. The molecule has 0 spiro atoms. The van der Waals surface area contributed by atoms with Crippen LogP contribution in [-0.4, -0.2) is 56.3 Å². The fourth-order valence-corrected chi connectivity index (χ4v) is 3.81. The Hall–Kier alpha value is -2.23. The molecular weight excluding hydrogens is 417 g/mol. The predicted octanol–water partition coefficient (Wildman–Crippen LogP) is 4.11. The van der Waals surface area contributed by atoms with E-state index in [2.05, 4.69) is 10.2 Å². The molecule has 0 saturated carbocycles. The van der Waals surface area contributed by atoms with Gasteiger partial charge < -0.3 is 14.8 Å². The number of morpholine rings is 1. The van der Waals surface area contributed by atoms with Crippen LogP contribution in [0.1, 0.15) is 22.0 Å². The second-order valence-corrected chi connectivity index (χ2v) is 7.86. The third kappa shape index (κ3) is 6.38. The van der Waals surface area contributed by atoms with Gasteiger partial charge in [-0.15, -0.1) is 0 Å². The van der Waals surface area contributed by atoms with Gasteiger partial charge in [-0.1, -0.05) is 12.1 Å². The van der Waals surface area contributed by atoms with E-state index in [0.717, 1.165) is 24.4 Å². The molecule has 5 nitrogen and oxygen atoms in total. The van der Waals surface area contributed by atoms with Crippen LogP contribution >= 0.6 is 11.8 Å². The summed E-state index contributed by atoms with van der Waals surface area (Å²) in [5, 5.41) is 2.91. The van der Waals surface area contributed by atoms with Crippen molar-refractivity contribution in [3.63, 3.8) is 0 Å². The van der Waals surface area contributed by atoms with Crippen molar-refractivity contribution in [3.8, 4) is 5.75 Å². The molecule has 1 N–H and O–H groups in total. The van der Waals surface area contributed by atoms with Crippen molar-refractivity contribution in [2.75, 3.05) is 40.0 Å². The van der Waals surface area contributed by atoms with Gasteiger partial charge >= 0.3 is 5.51 Å². The number of methoxy groups -OCH3 is 1. The van der Waals surface area contributed by atoms with Crippen LogP contribution in [0.4, 0.5) is 13.2 Å². The number of alkyl halides is 3. The number of carbonyl (C=O) groups excluding carboxylic acids is 1. The van der Waals surface area contributed by atoms with Crippen molar-refractivity contribution in [1.82, 2.24) is 10.2 Å². The summed E-state index contributed by atoms with van der Waals surface area (Å²) in [5.41, 5.74) is -3.00. The van der Waals surface area contributed by atoms with Crippen LogP contribution < -0.4 is 10.1 Å². The number of amides is 1. The molecule has 0 aliphatic carbocycles. The number of halogens is 3. The molecule has 1 aliphatic heterocycles. The van der Waals surface area contributed by atoms with Crippen molar-refractivity contribution in [2.45, 2.75) is 16.4 Å². The molecule has 162 valence electrons. The van der Waals surface area contributed by atoms with Gasteiger partial charge in [-0.3, -0.25) is 9.69 Å². The molecule has 2 aromatic rings. The van der Waals surface area contributed by atoms with Crippen molar-refractivity contribution in [3.05, 3.63) is 59.7 Å². The average molecular weight is 440 g/mol. The van der Waals surface area contributed by atoms with Crippen molar-refractivity contribution >= 4 is 17.7 Å². The first-order chi connectivity index (χ1) is 14.4. The Morgan fingerprint density at radius 2 is 1.77 bits per heavy atom. The van der Waals surface area contributed by atoms with Crippen LogP contribution in [0, 0.1) is 0 Å². The summed E-state index contributed by atoms with van der Waals surface area (Å²) in [4.78, 5) is 14.8. The van der Waals surface area contributed by atoms with Crippen LogP contribution in [0.25, 0.3) is 0 Å². The fourth-order valence-electron chi connectivity index (χ4n) is 3.27. The number of nitrogens with one attached hydrogen (secondary N) is 1. The minimum Gasteiger partial charge on any atom is -0.497 e. The molecule has 3 rings (SSSR count). The van der Waals surface area contributed by atoms with Gasteiger partial charge in [0.15, 0.2) is 0 Å². The minimum atomic E-state index is -4.35. The minimum absolute atomic E-state index is 0.0449. The first-order valence-corrected chi connectivity index (χ1v) is 10.3. The van der Waals surface area contributed by atoms with Crippen molar-refractivity contribution < 1.29 is 27.4 Å². The molecule has 30 heavy (non-hydrogen) atoms. The molecule has 1 heterocycles. The largest absolute Gasteiger partial charge is 0.497 e. The van der Waals surface area contributed by atoms with Crippen LogP contribution in [0.5, 0.6) is 5.75 Å². The van der Waals surface area contributed by atoms with E-state index in [1.54, 1.807) is 7.11 Å². The second kappa shape index (κ2) is 10.2. The Morgan fingerprint density at radius 1 is 1.13 bits per heavy atom. The molecule has 9 heteroatoms. The number of nitrogens with zero attached hydrogens (tertiary/aromatic N) is 1. The topological polar surface area (TPSA) is 50.8 Å². The first-order valence-electron chi connectivity index (χ1n) is 9.45. The van der Waals surface area contributed by atoms with Gasteiger partial charge in [-0.05, 0) is 53.7 Å². The fraction of sp³-hybridized carbons (Fsp3) is 0.381. The lowest BCUT2D eigenvalue weighted by Crippen LogP contribution is -2.43. The summed E-state index contributed by atoms with van der Waals surface area (Å²) < 4.78 is 48.0. The summed E-state index contributed by atoms with van der Waals surface area (Å²) in [6.45, 7) is 3.11. The maximum Gasteiger partial charge on any atom is 0.446 e. The van der Waals surface area contributed by atoms with E-state index in [1.165, 1.54) is 24.3 Å². The number of hydrogen-bond acceptors (Lipinski definition) is 5. The highest BCUT2D eigenvalue weighted by Crippen LogP contribution is 2.36. The quantitative estimate of drug-likeness (QED) is 0.657. The Kier molecular flexibility index (Phi) is 7.63. The summed E-state index contributed by atoms with van der Waals surface area (Å²) in [6, 6.07) is 13.0. The van der Waals surface area contributed by atoms with Gasteiger partial charge in [0.1, 0.15) is 5.75 Å². The molecule has 0 unspecified atom stereocenters. The maximum atomic E-state index is 12.6. The zero-order chi connectivity index (χ0) is 21.6. The molecule has 1 fully saturated rings. The zero-order valence-corrected chi connectivity index (χ0v) is 17.3. The third-order valence-electron chi connectivity index (χ3n) is 4.79. The molecule has 1 saturated heterocycles. The van der Waals surface area contributed by atoms with E-state index < -0.39 is 5.51 Å². The smallest absolute Gasteiger partial charge is 0.446 e. The second-order valence-electron chi connectivity index (χ2n) is 6.72. The molecular formula is C21H23F3N2O3S. The highest BCUT2D eigenvalue weighted by molar-refractivity contribution is 8.00. The molecule has 1 aliphatic rings. The molecule has 0 radical (unpaired) electrons. The summed E-state index contributed by atoms with van der Waals surface area (Å²) in [6.07, 6.45) is 0. The van der Waals surface area contributed by atoms with E-state index in [4.69, 9.17) is 9.47 Å². The lowest BCUT2D eigenvalue weighted by atomic mass is 10.0. The van der Waals surface area contributed by atoms with Crippen LogP contribution in [0.15, 0.2) is 53.4 Å². The highest BCUT2D eigenvalue weighted by atomic mass is 32.2. The lowest BCUT2D eigenvalue weighted by Gasteiger charge is -2.35. The Morgan fingerprint density at radius 3 is 2.33 bits per heavy atom. The number of ether oxygens (including phenoxy) is 2. The van der Waals surface area contributed by atoms with Crippen molar-refractivity contribution in [2.24, 2.45) is 0 Å². The van der Waals surface area contributed by atoms with Crippen LogP contribution in [0.2, 0.25) is 0 Å². The molecule has 0 bridgehead atoms. The Balaban J connectivity index is 1.67. The number of hydrogen-bond donors (Lipinski definition) is 1. The highest BCUT2D eigenvalue weighted by Gasteiger charge is 2.29. The third-order valence-corrected chi connectivity index (χ3v) is 5.53. The van der Waals surface area contributed by atoms with Gasteiger partial charge in [0.25, 0.3) is 5.91 Å². The SMILES string of the molecule is COc1ccc([C@H](CNC(=O)c2ccc(SC(F)(F)F)cc2)N2CCOCC2)cc1. The van der Waals surface area contributed by atoms with Crippen molar-refractivity contribution in [1.29, 1.82) is 0 Å². The average Bonchev–Trinajstić information content (AvgIpc) is 2.74. The molecule has 1 atom stereocenters. The first kappa shape index (κ1) is 22.5. The summed E-state index contributed by atoms with van der Waals surface area (Å²) in [7, 11) is 1.60. The predicted molar refractivity (Wildman–Crippen MR) is 109 cm³/mol. The van der Waals surface area contributed by atoms with Crippen LogP contribution in [-0.2, 0) is 4.74 Å². The van der Waals surface area contributed by atoms with Gasteiger partial charge in [0.2, 0.25) is 0 Å². The standard InChI is InChI=1S/C21H23F3N2O3S/c1-28-17-6-2-15(3-7-17)19(26-10-12-29-13-11-26)14-25-20(27)16-4-8-18(9-5-16)30-21(22,23)24/h2-9,19H,10-14H2,1H3,(H,25,27)/t19-/m0/s1. The summed E-state index contributed by atoms with van der Waals surface area (Å²) in [5.74, 6) is 0.422. The van der Waals surface area contributed by atoms with E-state index in [9.17, 15) is 18.0 Å². The van der Waals surface area contributed by atoms with Crippen LogP contribution in [0.3, 0.4) is 0 Å². The molecule has 1 amide bonds. The summed E-state index contributed by atoms with van der Waals surface area (Å²) >= 11 is -0.202. The number of thioether (sulfide) groups is 1. The Labute approximate surface area is 177 Å². The van der Waals surface area contributed by atoms with E-state index >= 15 is 0 Å². The van der Waals surface area contributed by atoms with E-state index in [-0.39, 0.29) is 28.6 Å². The monoisotopic (exact) mass is 440 g/mol. The Bertz CT molecular complexity index is 823.